The molecule has 0 unspecified atom stereocenters. The number of hydrogen-bond donors (Lipinski definition) is 1. The second kappa shape index (κ2) is 7.41. The first kappa shape index (κ1) is 15.7. The molecule has 0 aliphatic carbocycles. The van der Waals surface area contributed by atoms with Crippen LogP contribution in [-0.4, -0.2) is 35.1 Å². The van der Waals surface area contributed by atoms with E-state index in [9.17, 15) is 9.18 Å². The maximum Gasteiger partial charge on any atom is 0.318 e. The summed E-state index contributed by atoms with van der Waals surface area (Å²) in [6.45, 7) is 1.58. The van der Waals surface area contributed by atoms with Crippen molar-refractivity contribution in [1.82, 2.24) is 15.2 Å². The fraction of sp³-hybridized carbons (Fsp3) is 0.375. The van der Waals surface area contributed by atoms with Gasteiger partial charge in [0.1, 0.15) is 23.2 Å². The van der Waals surface area contributed by atoms with Gasteiger partial charge in [-0.3, -0.25) is 0 Å². The van der Waals surface area contributed by atoms with E-state index in [1.807, 2.05) is 5.38 Å². The maximum atomic E-state index is 12.9. The number of benzene rings is 1. The molecule has 1 N–H and O–H groups in total. The van der Waals surface area contributed by atoms with Crippen LogP contribution >= 0.6 is 11.3 Å². The van der Waals surface area contributed by atoms with Crippen molar-refractivity contribution in [3.63, 3.8) is 0 Å². The molecule has 0 saturated carbocycles. The third-order valence-corrected chi connectivity index (χ3v) is 4.55. The molecular weight excluding hydrogens is 317 g/mol. The lowest BCUT2D eigenvalue weighted by Crippen LogP contribution is -2.44. The number of urea groups is 1. The number of ether oxygens (including phenoxy) is 1. The minimum absolute atomic E-state index is 0.0383. The Hall–Kier alpha value is -2.15. The van der Waals surface area contributed by atoms with E-state index in [0.717, 1.165) is 24.4 Å². The molecule has 2 amide bonds. The predicted octanol–water partition coefficient (Wildman–Crippen LogP) is 3.04. The summed E-state index contributed by atoms with van der Waals surface area (Å²) in [4.78, 5) is 18.2. The highest BCUT2D eigenvalue weighted by Crippen LogP contribution is 2.19. The number of likely N-dealkylation sites (tertiary alicyclic amines) is 1. The van der Waals surface area contributed by atoms with E-state index < -0.39 is 0 Å². The van der Waals surface area contributed by atoms with Gasteiger partial charge in [-0.2, -0.15) is 0 Å². The lowest BCUT2D eigenvalue weighted by atomic mass is 10.2. The second-order valence-electron chi connectivity index (χ2n) is 5.34. The Balaban J connectivity index is 1.50. The molecule has 0 bridgehead atoms. The number of rotatable bonds is 5. The highest BCUT2D eigenvalue weighted by molar-refractivity contribution is 7.09. The zero-order chi connectivity index (χ0) is 16.1. The van der Waals surface area contributed by atoms with Gasteiger partial charge in [-0.1, -0.05) is 0 Å². The smallest absolute Gasteiger partial charge is 0.318 e. The Morgan fingerprint density at radius 3 is 3.00 bits per heavy atom. The van der Waals surface area contributed by atoms with Crippen LogP contribution in [0, 0.1) is 5.82 Å². The van der Waals surface area contributed by atoms with Crippen molar-refractivity contribution >= 4 is 17.4 Å². The van der Waals surface area contributed by atoms with Crippen LogP contribution in [0.3, 0.4) is 0 Å². The van der Waals surface area contributed by atoms with Crippen molar-refractivity contribution < 1.29 is 13.9 Å². The van der Waals surface area contributed by atoms with E-state index in [4.69, 9.17) is 4.74 Å². The van der Waals surface area contributed by atoms with Crippen LogP contribution < -0.4 is 10.1 Å². The normalized spacial score (nSPS) is 17.3. The van der Waals surface area contributed by atoms with Gasteiger partial charge < -0.3 is 15.0 Å². The van der Waals surface area contributed by atoms with Crippen LogP contribution in [0.4, 0.5) is 9.18 Å². The van der Waals surface area contributed by atoms with Crippen molar-refractivity contribution in [1.29, 1.82) is 0 Å². The van der Waals surface area contributed by atoms with E-state index in [1.54, 1.807) is 23.2 Å². The molecule has 1 aliphatic rings. The van der Waals surface area contributed by atoms with E-state index in [2.05, 4.69) is 10.3 Å². The number of carbonyl (C=O) groups excluding carboxylic acids is 1. The fourth-order valence-corrected chi connectivity index (χ4v) is 3.15. The minimum atomic E-state index is -0.290. The minimum Gasteiger partial charge on any atom is -0.491 e. The van der Waals surface area contributed by atoms with E-state index >= 15 is 0 Å². The molecule has 1 aliphatic heterocycles. The highest BCUT2D eigenvalue weighted by atomic mass is 32.1. The average Bonchev–Trinajstić information content (AvgIpc) is 3.23. The number of amides is 2. The van der Waals surface area contributed by atoms with Gasteiger partial charge in [0.05, 0.1) is 12.6 Å². The molecule has 0 spiro atoms. The molecule has 7 heteroatoms. The van der Waals surface area contributed by atoms with E-state index in [1.165, 1.54) is 23.5 Å². The molecule has 3 rings (SSSR count). The monoisotopic (exact) mass is 335 g/mol. The first-order valence-corrected chi connectivity index (χ1v) is 8.41. The molecule has 1 atom stereocenters. The summed E-state index contributed by atoms with van der Waals surface area (Å²) in [6, 6.07) is 5.86. The van der Waals surface area contributed by atoms with Crippen LogP contribution in [-0.2, 0) is 6.54 Å². The summed E-state index contributed by atoms with van der Waals surface area (Å²) >= 11 is 1.52. The topological polar surface area (TPSA) is 54.5 Å². The van der Waals surface area contributed by atoms with Crippen molar-refractivity contribution in [3.8, 4) is 5.75 Å². The van der Waals surface area contributed by atoms with Gasteiger partial charge in [-0.15, -0.1) is 11.3 Å². The summed E-state index contributed by atoms with van der Waals surface area (Å²) in [5.41, 5.74) is 0. The summed E-state index contributed by atoms with van der Waals surface area (Å²) in [5, 5.41) is 5.66. The summed E-state index contributed by atoms with van der Waals surface area (Å²) in [5.74, 6) is 0.322. The third kappa shape index (κ3) is 4.19. The lowest BCUT2D eigenvalue weighted by molar-refractivity contribution is 0.165. The Bertz CT molecular complexity index is 633. The zero-order valence-corrected chi connectivity index (χ0v) is 13.4. The highest BCUT2D eigenvalue weighted by Gasteiger charge is 2.29. The SMILES string of the molecule is O=C(NCc1nccs1)N1CCC[C@H]1COc1ccc(F)cc1. The van der Waals surface area contributed by atoms with Crippen LogP contribution in [0.5, 0.6) is 5.75 Å². The van der Waals surface area contributed by atoms with Gasteiger partial charge in [0.2, 0.25) is 0 Å². The summed E-state index contributed by atoms with van der Waals surface area (Å²) < 4.78 is 18.6. The molecule has 2 heterocycles. The van der Waals surface area contributed by atoms with Gasteiger partial charge in [-0.25, -0.2) is 14.2 Å². The number of nitrogens with one attached hydrogen (secondary N) is 1. The van der Waals surface area contributed by atoms with Crippen molar-refractivity contribution in [2.24, 2.45) is 0 Å². The molecule has 0 radical (unpaired) electrons. The fourth-order valence-electron chi connectivity index (χ4n) is 2.59. The van der Waals surface area contributed by atoms with Crippen LogP contribution in [0.15, 0.2) is 35.8 Å². The van der Waals surface area contributed by atoms with Crippen molar-refractivity contribution in [2.45, 2.75) is 25.4 Å². The molecule has 1 fully saturated rings. The largest absolute Gasteiger partial charge is 0.491 e. The van der Waals surface area contributed by atoms with Gasteiger partial charge in [0, 0.05) is 18.1 Å². The van der Waals surface area contributed by atoms with Gasteiger partial charge in [0.15, 0.2) is 0 Å². The van der Waals surface area contributed by atoms with Crippen molar-refractivity contribution in [2.75, 3.05) is 13.2 Å². The Labute approximate surface area is 138 Å². The summed E-state index contributed by atoms with van der Waals surface area (Å²) in [7, 11) is 0. The Morgan fingerprint density at radius 1 is 1.43 bits per heavy atom. The van der Waals surface area contributed by atoms with Crippen LogP contribution in [0.2, 0.25) is 0 Å². The van der Waals surface area contributed by atoms with Gasteiger partial charge in [-0.05, 0) is 37.1 Å². The third-order valence-electron chi connectivity index (χ3n) is 3.77. The molecule has 1 aromatic carbocycles. The molecule has 122 valence electrons. The number of aromatic nitrogens is 1. The summed E-state index contributed by atoms with van der Waals surface area (Å²) in [6.07, 6.45) is 3.59. The van der Waals surface area contributed by atoms with Crippen LogP contribution in [0.1, 0.15) is 17.8 Å². The first-order chi connectivity index (χ1) is 11.2. The van der Waals surface area contributed by atoms with Crippen molar-refractivity contribution in [3.05, 3.63) is 46.7 Å². The molecule has 2 aromatic rings. The number of nitrogens with zero attached hydrogens (tertiary/aromatic N) is 2. The van der Waals surface area contributed by atoms with E-state index in [0.29, 0.717) is 18.9 Å². The molecule has 1 saturated heterocycles. The standard InChI is InChI=1S/C16H18FN3O2S/c17-12-3-5-14(6-4-12)22-11-13-2-1-8-20(13)16(21)19-10-15-18-7-9-23-15/h3-7,9,13H,1-2,8,10-11H2,(H,19,21)/t13-/m0/s1. The average molecular weight is 335 g/mol. The number of thiazole rings is 1. The quantitative estimate of drug-likeness (QED) is 0.914. The number of carbonyl (C=O) groups is 1. The lowest BCUT2D eigenvalue weighted by Gasteiger charge is -2.25. The van der Waals surface area contributed by atoms with E-state index in [-0.39, 0.29) is 17.9 Å². The Kier molecular flexibility index (Phi) is 5.07. The molecule has 23 heavy (non-hydrogen) atoms. The predicted molar refractivity (Wildman–Crippen MR) is 86.0 cm³/mol. The maximum absolute atomic E-state index is 12.9. The first-order valence-electron chi connectivity index (χ1n) is 7.53. The molecular formula is C16H18FN3O2S. The van der Waals surface area contributed by atoms with Gasteiger partial charge in [0.25, 0.3) is 0 Å². The zero-order valence-electron chi connectivity index (χ0n) is 12.6. The number of hydrogen-bond acceptors (Lipinski definition) is 4. The second-order valence-corrected chi connectivity index (χ2v) is 6.32. The molecule has 5 nitrogen and oxygen atoms in total. The Morgan fingerprint density at radius 2 is 2.26 bits per heavy atom. The van der Waals surface area contributed by atoms with Crippen LogP contribution in [0.25, 0.3) is 0 Å². The number of halogens is 1. The van der Waals surface area contributed by atoms with Gasteiger partial charge >= 0.3 is 6.03 Å². The molecule has 1 aromatic heterocycles.